The van der Waals surface area contributed by atoms with Crippen molar-refractivity contribution < 1.29 is 9.90 Å². The molecule has 1 rings (SSSR count). The van der Waals surface area contributed by atoms with E-state index in [4.69, 9.17) is 0 Å². The van der Waals surface area contributed by atoms with Crippen LogP contribution in [0.1, 0.15) is 40.5 Å². The van der Waals surface area contributed by atoms with Gasteiger partial charge in [0.15, 0.2) is 0 Å². The number of aliphatic hydroxyl groups excluding tert-OH is 1. The molecule has 0 aromatic heterocycles. The van der Waals surface area contributed by atoms with Gasteiger partial charge in [-0.2, -0.15) is 0 Å². The standard InChI is InChI=1S/C15H30N2O2/c1-12(2)9-17(10-13(3)4)15(19)11-16-7-5-14(18)6-8-16/h12-14,18H,5-11H2,1-4H3. The first-order valence-electron chi connectivity index (χ1n) is 7.56. The van der Waals surface area contributed by atoms with Crippen molar-refractivity contribution in [3.63, 3.8) is 0 Å². The van der Waals surface area contributed by atoms with Crippen LogP contribution in [0.4, 0.5) is 0 Å². The number of piperidine rings is 1. The molecule has 0 unspecified atom stereocenters. The van der Waals surface area contributed by atoms with Crippen molar-refractivity contribution in [3.05, 3.63) is 0 Å². The van der Waals surface area contributed by atoms with E-state index in [0.29, 0.717) is 18.4 Å². The molecule has 1 aliphatic heterocycles. The number of likely N-dealkylation sites (tertiary alicyclic amines) is 1. The van der Waals surface area contributed by atoms with Crippen molar-refractivity contribution in [2.24, 2.45) is 11.8 Å². The van der Waals surface area contributed by atoms with Crippen molar-refractivity contribution in [1.29, 1.82) is 0 Å². The molecule has 1 amide bonds. The number of carbonyl (C=O) groups is 1. The molecule has 0 saturated carbocycles. The Kier molecular flexibility index (Phi) is 6.80. The van der Waals surface area contributed by atoms with Crippen molar-refractivity contribution in [3.8, 4) is 0 Å². The molecule has 1 aliphatic rings. The van der Waals surface area contributed by atoms with Crippen LogP contribution in [0, 0.1) is 11.8 Å². The summed E-state index contributed by atoms with van der Waals surface area (Å²) in [6.45, 7) is 12.5. The maximum atomic E-state index is 12.4. The van der Waals surface area contributed by atoms with Gasteiger partial charge in [-0.05, 0) is 24.7 Å². The summed E-state index contributed by atoms with van der Waals surface area (Å²) in [5, 5.41) is 9.49. The van der Waals surface area contributed by atoms with E-state index in [2.05, 4.69) is 32.6 Å². The van der Waals surface area contributed by atoms with Crippen LogP contribution in [0.15, 0.2) is 0 Å². The number of rotatable bonds is 6. The van der Waals surface area contributed by atoms with Gasteiger partial charge < -0.3 is 10.0 Å². The number of amides is 1. The number of hydrogen-bond donors (Lipinski definition) is 1. The summed E-state index contributed by atoms with van der Waals surface area (Å²) < 4.78 is 0. The molecule has 0 aromatic rings. The van der Waals surface area contributed by atoms with Gasteiger partial charge in [-0.15, -0.1) is 0 Å². The van der Waals surface area contributed by atoms with Crippen LogP contribution in [-0.4, -0.2) is 59.6 Å². The molecule has 1 N–H and O–H groups in total. The van der Waals surface area contributed by atoms with E-state index in [1.54, 1.807) is 0 Å². The van der Waals surface area contributed by atoms with Gasteiger partial charge in [0, 0.05) is 26.2 Å². The highest BCUT2D eigenvalue weighted by atomic mass is 16.3. The van der Waals surface area contributed by atoms with Gasteiger partial charge >= 0.3 is 0 Å². The van der Waals surface area contributed by atoms with Crippen LogP contribution in [0.3, 0.4) is 0 Å². The number of nitrogens with zero attached hydrogens (tertiary/aromatic N) is 2. The second kappa shape index (κ2) is 7.85. The van der Waals surface area contributed by atoms with E-state index in [1.807, 2.05) is 4.90 Å². The monoisotopic (exact) mass is 270 g/mol. The van der Waals surface area contributed by atoms with Crippen molar-refractivity contribution in [2.75, 3.05) is 32.7 Å². The number of carbonyl (C=O) groups excluding carboxylic acids is 1. The van der Waals surface area contributed by atoms with E-state index in [0.717, 1.165) is 39.0 Å². The Morgan fingerprint density at radius 1 is 1.16 bits per heavy atom. The molecule has 0 spiro atoms. The first-order valence-corrected chi connectivity index (χ1v) is 7.56. The zero-order valence-electron chi connectivity index (χ0n) is 12.9. The van der Waals surface area contributed by atoms with Crippen LogP contribution < -0.4 is 0 Å². The third-order valence-electron chi connectivity index (χ3n) is 3.44. The third kappa shape index (κ3) is 6.39. The Morgan fingerprint density at radius 3 is 2.05 bits per heavy atom. The van der Waals surface area contributed by atoms with Crippen LogP contribution in [0.5, 0.6) is 0 Å². The molecule has 1 saturated heterocycles. The molecule has 1 fully saturated rings. The van der Waals surface area contributed by atoms with Gasteiger partial charge in [0.25, 0.3) is 0 Å². The minimum absolute atomic E-state index is 0.172. The van der Waals surface area contributed by atoms with Gasteiger partial charge in [-0.1, -0.05) is 27.7 Å². The van der Waals surface area contributed by atoms with E-state index >= 15 is 0 Å². The SMILES string of the molecule is CC(C)CN(CC(C)C)C(=O)CN1CCC(O)CC1. The lowest BCUT2D eigenvalue weighted by atomic mass is 10.1. The molecular weight excluding hydrogens is 240 g/mol. The zero-order chi connectivity index (χ0) is 14.4. The Hall–Kier alpha value is -0.610. The summed E-state index contributed by atoms with van der Waals surface area (Å²) in [5.41, 5.74) is 0. The maximum absolute atomic E-state index is 12.4. The average molecular weight is 270 g/mol. The van der Waals surface area contributed by atoms with Gasteiger partial charge in [0.05, 0.1) is 12.6 Å². The smallest absolute Gasteiger partial charge is 0.236 e. The molecule has 0 aliphatic carbocycles. The quantitative estimate of drug-likeness (QED) is 0.797. The first kappa shape index (κ1) is 16.4. The molecule has 19 heavy (non-hydrogen) atoms. The van der Waals surface area contributed by atoms with E-state index in [1.165, 1.54) is 0 Å². The third-order valence-corrected chi connectivity index (χ3v) is 3.44. The predicted molar refractivity (Wildman–Crippen MR) is 77.9 cm³/mol. The fraction of sp³-hybridized carbons (Fsp3) is 0.933. The van der Waals surface area contributed by atoms with E-state index in [9.17, 15) is 9.90 Å². The van der Waals surface area contributed by atoms with Gasteiger partial charge in [-0.3, -0.25) is 9.69 Å². The van der Waals surface area contributed by atoms with Crippen molar-refractivity contribution in [2.45, 2.75) is 46.6 Å². The van der Waals surface area contributed by atoms with Gasteiger partial charge in [-0.25, -0.2) is 0 Å². The molecule has 1 heterocycles. The minimum atomic E-state index is -0.172. The maximum Gasteiger partial charge on any atom is 0.236 e. The zero-order valence-corrected chi connectivity index (χ0v) is 12.9. The topological polar surface area (TPSA) is 43.8 Å². The summed E-state index contributed by atoms with van der Waals surface area (Å²) in [7, 11) is 0. The van der Waals surface area contributed by atoms with Gasteiger partial charge in [0.1, 0.15) is 0 Å². The van der Waals surface area contributed by atoms with Crippen LogP contribution in [0.2, 0.25) is 0 Å². The summed E-state index contributed by atoms with van der Waals surface area (Å²) in [6, 6.07) is 0. The van der Waals surface area contributed by atoms with Gasteiger partial charge in [0.2, 0.25) is 5.91 Å². The molecule has 112 valence electrons. The molecule has 0 bridgehead atoms. The number of hydrogen-bond acceptors (Lipinski definition) is 3. The Labute approximate surface area is 117 Å². The lowest BCUT2D eigenvalue weighted by Gasteiger charge is -2.32. The highest BCUT2D eigenvalue weighted by Crippen LogP contribution is 2.11. The lowest BCUT2D eigenvalue weighted by molar-refractivity contribution is -0.134. The fourth-order valence-electron chi connectivity index (χ4n) is 2.53. The van der Waals surface area contributed by atoms with Crippen molar-refractivity contribution in [1.82, 2.24) is 9.80 Å². The van der Waals surface area contributed by atoms with Crippen LogP contribution in [0.25, 0.3) is 0 Å². The highest BCUT2D eigenvalue weighted by molar-refractivity contribution is 5.78. The average Bonchev–Trinajstić information content (AvgIpc) is 2.30. The molecular formula is C15H30N2O2. The molecule has 0 atom stereocenters. The highest BCUT2D eigenvalue weighted by Gasteiger charge is 2.22. The fourth-order valence-corrected chi connectivity index (χ4v) is 2.53. The second-order valence-corrected chi connectivity index (χ2v) is 6.59. The van der Waals surface area contributed by atoms with Crippen LogP contribution >= 0.6 is 0 Å². The summed E-state index contributed by atoms with van der Waals surface area (Å²) in [4.78, 5) is 16.6. The van der Waals surface area contributed by atoms with E-state index < -0.39 is 0 Å². The minimum Gasteiger partial charge on any atom is -0.393 e. The Morgan fingerprint density at radius 2 is 1.63 bits per heavy atom. The second-order valence-electron chi connectivity index (χ2n) is 6.59. The summed E-state index contributed by atoms with van der Waals surface area (Å²) in [5.74, 6) is 1.25. The summed E-state index contributed by atoms with van der Waals surface area (Å²) >= 11 is 0. The Bertz CT molecular complexity index is 261. The molecule has 0 aromatic carbocycles. The number of aliphatic hydroxyl groups is 1. The Balaban J connectivity index is 2.46. The molecule has 4 nitrogen and oxygen atoms in total. The molecule has 4 heteroatoms. The summed E-state index contributed by atoms with van der Waals surface area (Å²) in [6.07, 6.45) is 1.41. The van der Waals surface area contributed by atoms with Crippen molar-refractivity contribution >= 4 is 5.91 Å². The lowest BCUT2D eigenvalue weighted by Crippen LogP contribution is -2.46. The van der Waals surface area contributed by atoms with Crippen LogP contribution in [-0.2, 0) is 4.79 Å². The molecule has 0 radical (unpaired) electrons. The normalized spacial score (nSPS) is 18.3. The predicted octanol–water partition coefficient (Wildman–Crippen LogP) is 1.58. The largest absolute Gasteiger partial charge is 0.393 e. The van der Waals surface area contributed by atoms with E-state index in [-0.39, 0.29) is 12.0 Å². The first-order chi connectivity index (χ1) is 8.88.